The van der Waals surface area contributed by atoms with Gasteiger partial charge in [-0.3, -0.25) is 4.68 Å². The molecule has 5 nitrogen and oxygen atoms in total. The molecule has 21 heavy (non-hydrogen) atoms. The Bertz CT molecular complexity index is 505. The van der Waals surface area contributed by atoms with E-state index in [0.29, 0.717) is 25.7 Å². The number of nitrogens with zero attached hydrogens (tertiary/aromatic N) is 2. The van der Waals surface area contributed by atoms with Crippen LogP contribution in [0.2, 0.25) is 0 Å². The summed E-state index contributed by atoms with van der Waals surface area (Å²) in [4.78, 5) is 11.6. The molecule has 1 aromatic rings. The molecule has 1 N–H and O–H groups in total. The van der Waals surface area contributed by atoms with Crippen molar-refractivity contribution in [2.45, 2.75) is 50.9 Å². The first-order valence-electron chi connectivity index (χ1n) is 6.84. The number of halogens is 3. The van der Waals surface area contributed by atoms with Gasteiger partial charge < -0.3 is 9.84 Å². The second kappa shape index (κ2) is 6.05. The van der Waals surface area contributed by atoms with E-state index in [0.717, 1.165) is 10.9 Å². The summed E-state index contributed by atoms with van der Waals surface area (Å²) in [5, 5.41) is 13.2. The quantitative estimate of drug-likeness (QED) is 0.872. The summed E-state index contributed by atoms with van der Waals surface area (Å²) in [6.07, 6.45) is -2.61. The van der Waals surface area contributed by atoms with Gasteiger partial charge in [-0.15, -0.1) is 0 Å². The fraction of sp³-hybridized carbons (Fsp3) is 0.692. The number of carbonyl (C=O) groups is 1. The summed E-state index contributed by atoms with van der Waals surface area (Å²) in [5.74, 6) is -1.02. The normalized spacial score (nSPS) is 23.1. The van der Waals surface area contributed by atoms with Gasteiger partial charge in [0.05, 0.1) is 24.9 Å². The molecule has 0 unspecified atom stereocenters. The van der Waals surface area contributed by atoms with Crippen LogP contribution in [-0.2, 0) is 10.9 Å². The highest BCUT2D eigenvalue weighted by molar-refractivity contribution is 5.90. The number of ether oxygens (including phenoxy) is 1. The van der Waals surface area contributed by atoms with Crippen molar-refractivity contribution >= 4 is 5.97 Å². The lowest BCUT2D eigenvalue weighted by Gasteiger charge is -2.27. The van der Waals surface area contributed by atoms with Gasteiger partial charge in [-0.25, -0.2) is 4.79 Å². The minimum absolute atomic E-state index is 0.00304. The van der Waals surface area contributed by atoms with Crippen molar-refractivity contribution in [1.82, 2.24) is 9.78 Å². The molecule has 2 rings (SSSR count). The average Bonchev–Trinajstić information content (AvgIpc) is 2.84. The van der Waals surface area contributed by atoms with Crippen LogP contribution in [0.5, 0.6) is 0 Å². The lowest BCUT2D eigenvalue weighted by molar-refractivity contribution is -0.146. The largest absolute Gasteiger partial charge is 0.462 e. The number of hydrogen-bond acceptors (Lipinski definition) is 4. The maximum Gasteiger partial charge on any atom is 0.433 e. The number of rotatable bonds is 3. The van der Waals surface area contributed by atoms with E-state index in [2.05, 4.69) is 9.84 Å². The van der Waals surface area contributed by atoms with E-state index in [4.69, 9.17) is 0 Å². The Balaban J connectivity index is 2.36. The third-order valence-corrected chi connectivity index (χ3v) is 3.57. The smallest absolute Gasteiger partial charge is 0.433 e. The summed E-state index contributed by atoms with van der Waals surface area (Å²) < 4.78 is 45.3. The molecule has 0 radical (unpaired) electrons. The van der Waals surface area contributed by atoms with Crippen molar-refractivity contribution in [3.63, 3.8) is 0 Å². The van der Waals surface area contributed by atoms with Crippen LogP contribution in [0, 0.1) is 0 Å². The molecule has 0 aromatic carbocycles. The van der Waals surface area contributed by atoms with Gasteiger partial charge in [-0.05, 0) is 32.6 Å². The van der Waals surface area contributed by atoms with Crippen molar-refractivity contribution in [3.8, 4) is 0 Å². The van der Waals surface area contributed by atoms with Crippen LogP contribution in [0.25, 0.3) is 0 Å². The van der Waals surface area contributed by atoms with Gasteiger partial charge in [-0.1, -0.05) is 0 Å². The molecule has 1 heterocycles. The Kier molecular flexibility index (Phi) is 4.55. The number of aliphatic hydroxyl groups is 1. The standard InChI is InChI=1S/C13H17F3N2O3/c1-2-21-12(20)10-7-17-18(11(10)13(14,15)16)8-3-5-9(19)6-4-8/h7-9,19H,2-6H2,1H3/t8-,9-. The lowest BCUT2D eigenvalue weighted by atomic mass is 9.93. The van der Waals surface area contributed by atoms with Crippen molar-refractivity contribution < 1.29 is 27.8 Å². The molecule has 8 heteroatoms. The van der Waals surface area contributed by atoms with Gasteiger partial charge in [0.2, 0.25) is 0 Å². The number of esters is 1. The SMILES string of the molecule is CCOC(=O)c1cnn([C@H]2CC[C@H](O)CC2)c1C(F)(F)F. The third-order valence-electron chi connectivity index (χ3n) is 3.57. The van der Waals surface area contributed by atoms with Crippen LogP contribution in [0.4, 0.5) is 13.2 Å². The first kappa shape index (κ1) is 15.8. The van der Waals surface area contributed by atoms with E-state index in [9.17, 15) is 23.1 Å². The molecule has 0 amide bonds. The van der Waals surface area contributed by atoms with E-state index in [1.807, 2.05) is 0 Å². The number of hydrogen-bond donors (Lipinski definition) is 1. The molecule has 0 atom stereocenters. The summed E-state index contributed by atoms with van der Waals surface area (Å²) in [7, 11) is 0. The second-order valence-electron chi connectivity index (χ2n) is 5.03. The fourth-order valence-corrected chi connectivity index (χ4v) is 2.58. The topological polar surface area (TPSA) is 64.3 Å². The predicted octanol–water partition coefficient (Wildman–Crippen LogP) is 2.55. The van der Waals surface area contributed by atoms with Crippen LogP contribution in [0.15, 0.2) is 6.20 Å². The monoisotopic (exact) mass is 306 g/mol. The van der Waals surface area contributed by atoms with Crippen molar-refractivity contribution in [1.29, 1.82) is 0 Å². The van der Waals surface area contributed by atoms with Gasteiger partial charge in [0.25, 0.3) is 0 Å². The molecule has 1 aliphatic carbocycles. The number of carbonyl (C=O) groups excluding carboxylic acids is 1. The van der Waals surface area contributed by atoms with Crippen LogP contribution in [-0.4, -0.2) is 33.6 Å². The second-order valence-corrected chi connectivity index (χ2v) is 5.03. The average molecular weight is 306 g/mol. The van der Waals surface area contributed by atoms with E-state index in [-0.39, 0.29) is 6.61 Å². The van der Waals surface area contributed by atoms with Crippen LogP contribution in [0.3, 0.4) is 0 Å². The number of aromatic nitrogens is 2. The van der Waals surface area contributed by atoms with E-state index < -0.39 is 35.5 Å². The Morgan fingerprint density at radius 1 is 1.43 bits per heavy atom. The first-order chi connectivity index (χ1) is 9.84. The summed E-state index contributed by atoms with van der Waals surface area (Å²) >= 11 is 0. The summed E-state index contributed by atoms with van der Waals surface area (Å²) in [6.45, 7) is 1.52. The maximum absolute atomic E-state index is 13.3. The molecule has 1 saturated carbocycles. The third kappa shape index (κ3) is 3.37. The summed E-state index contributed by atoms with van der Waals surface area (Å²) in [5.41, 5.74) is -1.63. The lowest BCUT2D eigenvalue weighted by Crippen LogP contribution is -2.26. The Morgan fingerprint density at radius 3 is 2.57 bits per heavy atom. The van der Waals surface area contributed by atoms with Gasteiger partial charge in [0.1, 0.15) is 5.56 Å². The molecule has 0 aliphatic heterocycles. The zero-order valence-corrected chi connectivity index (χ0v) is 11.6. The molecule has 0 spiro atoms. The van der Waals surface area contributed by atoms with Gasteiger partial charge >= 0.3 is 12.1 Å². The maximum atomic E-state index is 13.3. The molecule has 118 valence electrons. The highest BCUT2D eigenvalue weighted by atomic mass is 19.4. The molecule has 1 aliphatic rings. The molecular weight excluding hydrogens is 289 g/mol. The molecular formula is C13H17F3N2O3. The van der Waals surface area contributed by atoms with Crippen molar-refractivity contribution in [2.75, 3.05) is 6.61 Å². The molecule has 1 aromatic heterocycles. The van der Waals surface area contributed by atoms with Crippen molar-refractivity contribution in [2.24, 2.45) is 0 Å². The Hall–Kier alpha value is -1.57. The highest BCUT2D eigenvalue weighted by Crippen LogP contribution is 2.37. The van der Waals surface area contributed by atoms with Crippen LogP contribution >= 0.6 is 0 Å². The van der Waals surface area contributed by atoms with E-state index in [1.54, 1.807) is 0 Å². The molecule has 0 saturated heterocycles. The highest BCUT2D eigenvalue weighted by Gasteiger charge is 2.42. The Labute approximate surface area is 119 Å². The van der Waals surface area contributed by atoms with Crippen LogP contribution in [0.1, 0.15) is 54.7 Å². The Morgan fingerprint density at radius 2 is 2.05 bits per heavy atom. The fourth-order valence-electron chi connectivity index (χ4n) is 2.58. The predicted molar refractivity (Wildman–Crippen MR) is 66.7 cm³/mol. The van der Waals surface area contributed by atoms with Gasteiger partial charge in [0, 0.05) is 0 Å². The van der Waals surface area contributed by atoms with E-state index >= 15 is 0 Å². The number of aliphatic hydroxyl groups excluding tert-OH is 1. The van der Waals surface area contributed by atoms with Crippen molar-refractivity contribution in [3.05, 3.63) is 17.5 Å². The van der Waals surface area contributed by atoms with Gasteiger partial charge in [-0.2, -0.15) is 18.3 Å². The van der Waals surface area contributed by atoms with Crippen LogP contribution < -0.4 is 0 Å². The molecule has 1 fully saturated rings. The first-order valence-corrected chi connectivity index (χ1v) is 6.84. The number of alkyl halides is 3. The summed E-state index contributed by atoms with van der Waals surface area (Å²) in [6, 6.07) is -0.465. The minimum Gasteiger partial charge on any atom is -0.462 e. The van der Waals surface area contributed by atoms with E-state index in [1.165, 1.54) is 6.92 Å². The zero-order valence-electron chi connectivity index (χ0n) is 11.6. The molecule has 0 bridgehead atoms. The minimum atomic E-state index is -4.69. The van der Waals surface area contributed by atoms with Gasteiger partial charge in [0.15, 0.2) is 5.69 Å². The zero-order chi connectivity index (χ0) is 15.6.